The van der Waals surface area contributed by atoms with Crippen molar-refractivity contribution in [2.45, 2.75) is 52.5 Å². The third kappa shape index (κ3) is 2.80. The Morgan fingerprint density at radius 3 is 2.71 bits per heavy atom. The van der Waals surface area contributed by atoms with E-state index in [9.17, 15) is 4.39 Å². The summed E-state index contributed by atoms with van der Waals surface area (Å²) in [7, 11) is 0. The minimum absolute atomic E-state index is 0.133. The minimum Gasteiger partial charge on any atom is -0.379 e. The summed E-state index contributed by atoms with van der Waals surface area (Å²) in [5.74, 6) is -0.133. The van der Waals surface area contributed by atoms with E-state index in [-0.39, 0.29) is 11.2 Å². The van der Waals surface area contributed by atoms with Crippen LogP contribution in [0.15, 0.2) is 18.2 Å². The molecule has 17 heavy (non-hydrogen) atoms. The lowest BCUT2D eigenvalue weighted by atomic mass is 9.73. The molecule has 2 rings (SSSR count). The molecule has 1 atom stereocenters. The zero-order chi connectivity index (χ0) is 12.5. The van der Waals surface area contributed by atoms with E-state index < -0.39 is 0 Å². The standard InChI is InChI=1S/C15H22FN/c1-11-7-8-13(12(16)10-11)17-14-6-4-5-9-15(14,2)3/h7-8,10,14,17H,4-6,9H2,1-3H3. The predicted octanol–water partition coefficient (Wildman–Crippen LogP) is 4.51. The van der Waals surface area contributed by atoms with Crippen LogP contribution in [0.4, 0.5) is 10.1 Å². The van der Waals surface area contributed by atoms with E-state index in [1.807, 2.05) is 19.1 Å². The molecule has 1 aliphatic carbocycles. The van der Waals surface area contributed by atoms with Crippen LogP contribution < -0.4 is 5.32 Å². The number of halogens is 1. The summed E-state index contributed by atoms with van der Waals surface area (Å²) < 4.78 is 13.8. The van der Waals surface area contributed by atoms with Gasteiger partial charge in [0.15, 0.2) is 0 Å². The molecule has 0 heterocycles. The van der Waals surface area contributed by atoms with Gasteiger partial charge in [0.25, 0.3) is 0 Å². The Labute approximate surface area is 103 Å². The van der Waals surface area contributed by atoms with Crippen LogP contribution in [-0.4, -0.2) is 6.04 Å². The molecule has 0 saturated heterocycles. The zero-order valence-electron chi connectivity index (χ0n) is 11.0. The minimum atomic E-state index is -0.133. The third-order valence-electron chi connectivity index (χ3n) is 3.96. The van der Waals surface area contributed by atoms with Crippen molar-refractivity contribution in [3.05, 3.63) is 29.6 Å². The normalized spacial score (nSPS) is 23.4. The molecule has 1 fully saturated rings. The first-order valence-electron chi connectivity index (χ1n) is 6.52. The Bertz CT molecular complexity index is 398. The molecule has 1 aromatic rings. The number of aryl methyl sites for hydroxylation is 1. The summed E-state index contributed by atoms with van der Waals surface area (Å²) in [5, 5.41) is 3.39. The Balaban J connectivity index is 2.14. The molecular weight excluding hydrogens is 213 g/mol. The highest BCUT2D eigenvalue weighted by Gasteiger charge is 2.32. The van der Waals surface area contributed by atoms with E-state index in [1.54, 1.807) is 6.07 Å². The van der Waals surface area contributed by atoms with Crippen LogP contribution in [0.3, 0.4) is 0 Å². The monoisotopic (exact) mass is 235 g/mol. The van der Waals surface area contributed by atoms with Gasteiger partial charge in [-0.05, 0) is 42.9 Å². The van der Waals surface area contributed by atoms with Crippen molar-refractivity contribution in [3.63, 3.8) is 0 Å². The van der Waals surface area contributed by atoms with Crippen molar-refractivity contribution in [2.24, 2.45) is 5.41 Å². The highest BCUT2D eigenvalue weighted by Crippen LogP contribution is 2.37. The number of rotatable bonds is 2. The van der Waals surface area contributed by atoms with Crippen LogP contribution in [0, 0.1) is 18.2 Å². The lowest BCUT2D eigenvalue weighted by molar-refractivity contribution is 0.216. The third-order valence-corrected chi connectivity index (χ3v) is 3.96. The molecule has 1 aromatic carbocycles. The van der Waals surface area contributed by atoms with Gasteiger partial charge >= 0.3 is 0 Å². The van der Waals surface area contributed by atoms with Crippen molar-refractivity contribution < 1.29 is 4.39 Å². The van der Waals surface area contributed by atoms with E-state index in [4.69, 9.17) is 0 Å². The molecule has 0 spiro atoms. The zero-order valence-corrected chi connectivity index (χ0v) is 11.0. The molecule has 1 nitrogen and oxygen atoms in total. The second kappa shape index (κ2) is 4.67. The van der Waals surface area contributed by atoms with Gasteiger partial charge in [-0.15, -0.1) is 0 Å². The van der Waals surface area contributed by atoms with Crippen LogP contribution in [0.5, 0.6) is 0 Å². The number of benzene rings is 1. The van der Waals surface area contributed by atoms with E-state index in [1.165, 1.54) is 19.3 Å². The molecule has 94 valence electrons. The van der Waals surface area contributed by atoms with Crippen LogP contribution in [-0.2, 0) is 0 Å². The fourth-order valence-electron chi connectivity index (χ4n) is 2.69. The van der Waals surface area contributed by atoms with Gasteiger partial charge in [0.05, 0.1) is 5.69 Å². The lowest BCUT2D eigenvalue weighted by Gasteiger charge is -2.39. The first kappa shape index (κ1) is 12.4. The SMILES string of the molecule is Cc1ccc(NC2CCCCC2(C)C)c(F)c1. The second-order valence-corrected chi connectivity index (χ2v) is 5.91. The van der Waals surface area contributed by atoms with Gasteiger partial charge in [-0.1, -0.05) is 32.8 Å². The van der Waals surface area contributed by atoms with Crippen LogP contribution >= 0.6 is 0 Å². The topological polar surface area (TPSA) is 12.0 Å². The van der Waals surface area contributed by atoms with Crippen molar-refractivity contribution in [1.29, 1.82) is 0 Å². The van der Waals surface area contributed by atoms with Crippen molar-refractivity contribution >= 4 is 5.69 Å². The highest BCUT2D eigenvalue weighted by atomic mass is 19.1. The fraction of sp³-hybridized carbons (Fsp3) is 0.600. The second-order valence-electron chi connectivity index (χ2n) is 5.91. The van der Waals surface area contributed by atoms with Gasteiger partial charge in [0.2, 0.25) is 0 Å². The van der Waals surface area contributed by atoms with Gasteiger partial charge in [-0.3, -0.25) is 0 Å². The summed E-state index contributed by atoms with van der Waals surface area (Å²) >= 11 is 0. The van der Waals surface area contributed by atoms with E-state index in [2.05, 4.69) is 19.2 Å². The summed E-state index contributed by atoms with van der Waals surface area (Å²) in [6.45, 7) is 6.46. The van der Waals surface area contributed by atoms with Gasteiger partial charge < -0.3 is 5.32 Å². The summed E-state index contributed by atoms with van der Waals surface area (Å²) in [6, 6.07) is 5.79. The largest absolute Gasteiger partial charge is 0.379 e. The Hall–Kier alpha value is -1.05. The van der Waals surface area contributed by atoms with Crippen LogP contribution in [0.2, 0.25) is 0 Å². The highest BCUT2D eigenvalue weighted by molar-refractivity contribution is 5.47. The maximum Gasteiger partial charge on any atom is 0.146 e. The fourth-order valence-corrected chi connectivity index (χ4v) is 2.69. The quantitative estimate of drug-likeness (QED) is 0.795. The van der Waals surface area contributed by atoms with Crippen LogP contribution in [0.1, 0.15) is 45.1 Å². The van der Waals surface area contributed by atoms with Crippen LogP contribution in [0.25, 0.3) is 0 Å². The number of hydrogen-bond acceptors (Lipinski definition) is 1. The average Bonchev–Trinajstić information content (AvgIpc) is 2.24. The van der Waals surface area contributed by atoms with Gasteiger partial charge in [-0.2, -0.15) is 0 Å². The van der Waals surface area contributed by atoms with E-state index >= 15 is 0 Å². The smallest absolute Gasteiger partial charge is 0.146 e. The van der Waals surface area contributed by atoms with Crippen molar-refractivity contribution in [3.8, 4) is 0 Å². The molecule has 0 amide bonds. The number of anilines is 1. The number of hydrogen-bond donors (Lipinski definition) is 1. The van der Waals surface area contributed by atoms with Gasteiger partial charge in [-0.25, -0.2) is 4.39 Å². The van der Waals surface area contributed by atoms with E-state index in [0.717, 1.165) is 12.0 Å². The molecule has 1 unspecified atom stereocenters. The molecule has 0 bridgehead atoms. The first-order valence-corrected chi connectivity index (χ1v) is 6.52. The molecule has 1 N–H and O–H groups in total. The summed E-state index contributed by atoms with van der Waals surface area (Å²) in [6.07, 6.45) is 4.90. The van der Waals surface area contributed by atoms with Gasteiger partial charge in [0.1, 0.15) is 5.82 Å². The molecule has 0 aliphatic heterocycles. The lowest BCUT2D eigenvalue weighted by Crippen LogP contribution is -2.39. The van der Waals surface area contributed by atoms with Crippen molar-refractivity contribution in [2.75, 3.05) is 5.32 Å². The Morgan fingerprint density at radius 2 is 2.06 bits per heavy atom. The molecule has 0 radical (unpaired) electrons. The maximum atomic E-state index is 13.8. The van der Waals surface area contributed by atoms with Crippen molar-refractivity contribution in [1.82, 2.24) is 0 Å². The first-order chi connectivity index (χ1) is 7.99. The summed E-state index contributed by atoms with van der Waals surface area (Å²) in [5.41, 5.74) is 1.88. The maximum absolute atomic E-state index is 13.8. The number of nitrogens with one attached hydrogen (secondary N) is 1. The predicted molar refractivity (Wildman–Crippen MR) is 70.8 cm³/mol. The van der Waals surface area contributed by atoms with Gasteiger partial charge in [0, 0.05) is 6.04 Å². The molecule has 1 aliphatic rings. The van der Waals surface area contributed by atoms with E-state index in [0.29, 0.717) is 11.7 Å². The summed E-state index contributed by atoms with van der Waals surface area (Å²) in [4.78, 5) is 0. The molecule has 1 saturated carbocycles. The Morgan fingerprint density at radius 1 is 1.29 bits per heavy atom. The molecular formula is C15H22FN. The molecule has 0 aromatic heterocycles. The average molecular weight is 235 g/mol. The molecule has 2 heteroatoms. The Kier molecular flexibility index (Phi) is 3.41.